The number of allylic oxidation sites excluding steroid dienone is 4. The van der Waals surface area contributed by atoms with Crippen molar-refractivity contribution in [3.63, 3.8) is 0 Å². The molecule has 1 fully saturated rings. The van der Waals surface area contributed by atoms with Gasteiger partial charge in [-0.25, -0.2) is 9.97 Å². The molecule has 0 bridgehead atoms. The molecule has 0 spiro atoms. The van der Waals surface area contributed by atoms with Gasteiger partial charge in [0.15, 0.2) is 0 Å². The van der Waals surface area contributed by atoms with Crippen molar-refractivity contribution in [2.24, 2.45) is 0 Å². The van der Waals surface area contributed by atoms with Crippen LogP contribution in [0.3, 0.4) is 0 Å². The first-order chi connectivity index (χ1) is 12.6. The van der Waals surface area contributed by atoms with E-state index in [0.29, 0.717) is 12.1 Å². The van der Waals surface area contributed by atoms with Gasteiger partial charge in [-0.2, -0.15) is 0 Å². The van der Waals surface area contributed by atoms with Crippen molar-refractivity contribution in [3.8, 4) is 0 Å². The number of piperidine rings is 1. The molecule has 0 radical (unpaired) electrons. The molecule has 1 aromatic heterocycles. The number of rotatable bonds is 2. The fourth-order valence-corrected chi connectivity index (χ4v) is 4.70. The highest BCUT2D eigenvalue weighted by Crippen LogP contribution is 2.34. The number of hydrogen-bond acceptors (Lipinski definition) is 4. The molecule has 0 unspecified atom stereocenters. The van der Waals surface area contributed by atoms with E-state index in [1.165, 1.54) is 41.8 Å². The number of nitrogens with one attached hydrogen (secondary N) is 1. The molecule has 0 saturated carbocycles. The van der Waals surface area contributed by atoms with Crippen molar-refractivity contribution < 1.29 is 0 Å². The summed E-state index contributed by atoms with van der Waals surface area (Å²) in [7, 11) is 0. The molecule has 4 nitrogen and oxygen atoms in total. The van der Waals surface area contributed by atoms with E-state index in [9.17, 15) is 0 Å². The van der Waals surface area contributed by atoms with E-state index >= 15 is 0 Å². The van der Waals surface area contributed by atoms with Crippen LogP contribution in [0.4, 0.5) is 5.95 Å². The van der Waals surface area contributed by atoms with E-state index in [-0.39, 0.29) is 0 Å². The van der Waals surface area contributed by atoms with Crippen molar-refractivity contribution in [1.82, 2.24) is 15.3 Å². The normalized spacial score (nSPS) is 26.7. The highest BCUT2D eigenvalue weighted by atomic mass is 35.5. The number of fused-ring (bicyclic) bond motifs is 1. The Morgan fingerprint density at radius 2 is 1.77 bits per heavy atom. The third-order valence-electron chi connectivity index (χ3n) is 6.00. The minimum absolute atomic E-state index is 0.503. The zero-order chi connectivity index (χ0) is 18.1. The Balaban J connectivity index is 1.81. The van der Waals surface area contributed by atoms with Crippen LogP contribution in [0.5, 0.6) is 0 Å². The van der Waals surface area contributed by atoms with Crippen molar-refractivity contribution in [2.45, 2.75) is 70.9 Å². The Hall–Kier alpha value is -1.39. The van der Waals surface area contributed by atoms with E-state index in [2.05, 4.69) is 30.1 Å². The van der Waals surface area contributed by atoms with Crippen LogP contribution in [-0.2, 0) is 12.8 Å². The monoisotopic (exact) mass is 372 g/mol. The van der Waals surface area contributed by atoms with Gasteiger partial charge in [-0.05, 0) is 70.6 Å². The van der Waals surface area contributed by atoms with E-state index in [1.54, 1.807) is 0 Å². The molecule has 0 amide bonds. The van der Waals surface area contributed by atoms with Gasteiger partial charge in [0.2, 0.25) is 5.95 Å². The second kappa shape index (κ2) is 7.69. The molecule has 3 heterocycles. The Morgan fingerprint density at radius 3 is 2.50 bits per heavy atom. The minimum Gasteiger partial charge on any atom is -0.335 e. The predicted octanol–water partition coefficient (Wildman–Crippen LogP) is 4.23. The lowest BCUT2D eigenvalue weighted by atomic mass is 9.95. The molecule has 1 aliphatic carbocycles. The zero-order valence-electron chi connectivity index (χ0n) is 15.9. The van der Waals surface area contributed by atoms with Crippen molar-refractivity contribution in [1.29, 1.82) is 0 Å². The Kier molecular flexibility index (Phi) is 5.32. The maximum atomic E-state index is 6.20. The average molecular weight is 373 g/mol. The lowest BCUT2D eigenvalue weighted by Crippen LogP contribution is -2.45. The third kappa shape index (κ3) is 3.54. The number of aromatic nitrogens is 2. The number of halogens is 1. The van der Waals surface area contributed by atoms with Gasteiger partial charge in [-0.15, -0.1) is 0 Å². The van der Waals surface area contributed by atoms with Crippen LogP contribution in [0, 0.1) is 0 Å². The predicted molar refractivity (Wildman–Crippen MR) is 109 cm³/mol. The van der Waals surface area contributed by atoms with Crippen molar-refractivity contribution in [2.75, 3.05) is 18.0 Å². The SMILES string of the molecule is C[C@@H]1CCC[C@H](C)N1c1nc2c(c(C3=CC=C(Cl)CC3)n1)CCNCC2. The van der Waals surface area contributed by atoms with Crippen LogP contribution < -0.4 is 10.2 Å². The molecule has 26 heavy (non-hydrogen) atoms. The molecule has 3 aliphatic rings. The summed E-state index contributed by atoms with van der Waals surface area (Å²) in [6, 6.07) is 1.01. The van der Waals surface area contributed by atoms with Gasteiger partial charge in [0, 0.05) is 35.6 Å². The highest BCUT2D eigenvalue weighted by Gasteiger charge is 2.29. The Morgan fingerprint density at radius 1 is 1.00 bits per heavy atom. The first-order valence-corrected chi connectivity index (χ1v) is 10.5. The first-order valence-electron chi connectivity index (χ1n) is 10.1. The molecule has 2 aliphatic heterocycles. The van der Waals surface area contributed by atoms with E-state index in [0.717, 1.165) is 49.8 Å². The van der Waals surface area contributed by atoms with Crippen LogP contribution in [0.15, 0.2) is 17.2 Å². The number of hydrogen-bond donors (Lipinski definition) is 1. The van der Waals surface area contributed by atoms with Gasteiger partial charge < -0.3 is 10.2 Å². The standard InChI is InChI=1S/C21H29ClN4/c1-14-4-3-5-15(2)26(14)21-24-19-11-13-23-12-10-18(19)20(25-21)16-6-8-17(22)9-7-16/h6,8,14-15,23H,3-5,7,9-13H2,1-2H3/t14-,15+. The second-order valence-corrected chi connectivity index (χ2v) is 8.37. The van der Waals surface area contributed by atoms with Gasteiger partial charge in [-0.1, -0.05) is 17.7 Å². The van der Waals surface area contributed by atoms with Crippen LogP contribution in [0.2, 0.25) is 0 Å². The molecule has 1 N–H and O–H groups in total. The summed E-state index contributed by atoms with van der Waals surface area (Å²) in [5.74, 6) is 0.932. The summed E-state index contributed by atoms with van der Waals surface area (Å²) in [5, 5.41) is 4.45. The molecule has 140 valence electrons. The molecule has 1 saturated heterocycles. The summed E-state index contributed by atoms with van der Waals surface area (Å²) in [6.45, 7) is 6.63. The molecule has 5 heteroatoms. The summed E-state index contributed by atoms with van der Waals surface area (Å²) in [5.41, 5.74) is 5.06. The smallest absolute Gasteiger partial charge is 0.226 e. The summed E-state index contributed by atoms with van der Waals surface area (Å²) >= 11 is 6.20. The summed E-state index contributed by atoms with van der Waals surface area (Å²) < 4.78 is 0. The molecule has 4 rings (SSSR count). The zero-order valence-corrected chi connectivity index (χ0v) is 16.6. The number of nitrogens with zero attached hydrogens (tertiary/aromatic N) is 3. The van der Waals surface area contributed by atoms with Gasteiger partial charge in [0.1, 0.15) is 0 Å². The summed E-state index contributed by atoms with van der Waals surface area (Å²) in [4.78, 5) is 12.7. The number of anilines is 1. The molecule has 1 aromatic rings. The Bertz CT molecular complexity index is 730. The van der Waals surface area contributed by atoms with E-state index in [4.69, 9.17) is 21.6 Å². The third-order valence-corrected chi connectivity index (χ3v) is 6.31. The van der Waals surface area contributed by atoms with E-state index in [1.807, 2.05) is 6.08 Å². The van der Waals surface area contributed by atoms with Crippen LogP contribution in [0.25, 0.3) is 5.57 Å². The quantitative estimate of drug-likeness (QED) is 0.843. The average Bonchev–Trinajstić information content (AvgIpc) is 2.87. The van der Waals surface area contributed by atoms with Crippen molar-refractivity contribution >= 4 is 23.1 Å². The molecule has 2 atom stereocenters. The van der Waals surface area contributed by atoms with Gasteiger partial charge in [0.25, 0.3) is 0 Å². The van der Waals surface area contributed by atoms with Crippen LogP contribution in [-0.4, -0.2) is 35.1 Å². The maximum Gasteiger partial charge on any atom is 0.226 e. The topological polar surface area (TPSA) is 41.1 Å². The molecule has 0 aromatic carbocycles. The van der Waals surface area contributed by atoms with Gasteiger partial charge >= 0.3 is 0 Å². The van der Waals surface area contributed by atoms with E-state index < -0.39 is 0 Å². The fraction of sp³-hybridized carbons (Fsp3) is 0.619. The molecular formula is C21H29ClN4. The van der Waals surface area contributed by atoms with Gasteiger partial charge in [-0.3, -0.25) is 0 Å². The van der Waals surface area contributed by atoms with Crippen LogP contribution >= 0.6 is 11.6 Å². The first kappa shape index (κ1) is 18.0. The lowest BCUT2D eigenvalue weighted by Gasteiger charge is -2.39. The van der Waals surface area contributed by atoms with Crippen LogP contribution in [0.1, 0.15) is 62.9 Å². The van der Waals surface area contributed by atoms with Gasteiger partial charge in [0.05, 0.1) is 11.4 Å². The second-order valence-electron chi connectivity index (χ2n) is 7.89. The molecular weight excluding hydrogens is 344 g/mol. The summed E-state index contributed by atoms with van der Waals surface area (Å²) in [6.07, 6.45) is 11.8. The maximum absolute atomic E-state index is 6.20. The highest BCUT2D eigenvalue weighted by molar-refractivity contribution is 6.29. The Labute approximate surface area is 161 Å². The van der Waals surface area contributed by atoms with Crippen molar-refractivity contribution in [3.05, 3.63) is 34.1 Å². The minimum atomic E-state index is 0.503. The lowest BCUT2D eigenvalue weighted by molar-refractivity contribution is 0.407. The largest absolute Gasteiger partial charge is 0.335 e. The fourth-order valence-electron chi connectivity index (χ4n) is 4.54.